The van der Waals surface area contributed by atoms with Crippen LogP contribution in [-0.4, -0.2) is 20.9 Å². The van der Waals surface area contributed by atoms with Gasteiger partial charge >= 0.3 is 0 Å². The minimum absolute atomic E-state index is 0.216. The number of halogens is 1. The molecule has 0 aliphatic carbocycles. The molecule has 0 saturated carbocycles. The third kappa shape index (κ3) is 7.42. The highest BCUT2D eigenvalue weighted by molar-refractivity contribution is 7.84. The summed E-state index contributed by atoms with van der Waals surface area (Å²) in [6.45, 7) is 9.65. The zero-order valence-electron chi connectivity index (χ0n) is 10.6. The van der Waals surface area contributed by atoms with Gasteiger partial charge in [-0.05, 0) is 40.0 Å². The highest BCUT2D eigenvalue weighted by atomic mass is 35.5. The van der Waals surface area contributed by atoms with Gasteiger partial charge in [-0.3, -0.25) is 0 Å². The Hall–Kier alpha value is 0.140. The van der Waals surface area contributed by atoms with Gasteiger partial charge in [0.1, 0.15) is 0 Å². The topological polar surface area (TPSA) is 29.1 Å². The summed E-state index contributed by atoms with van der Waals surface area (Å²) in [6.07, 6.45) is 5.80. The van der Waals surface area contributed by atoms with Crippen LogP contribution < -0.4 is 4.72 Å². The van der Waals surface area contributed by atoms with Crippen LogP contribution in [0.25, 0.3) is 0 Å². The molecule has 0 aromatic carbocycles. The van der Waals surface area contributed by atoms with Gasteiger partial charge in [0.15, 0.2) is 0 Å². The summed E-state index contributed by atoms with van der Waals surface area (Å²) in [4.78, 5) is 0. The van der Waals surface area contributed by atoms with Crippen molar-refractivity contribution < 1.29 is 4.21 Å². The standard InChI is InChI=1S/C12H24ClNOS/c1-5-8-11(9-6-7-10-13)14-16(15)12(2,3)4/h5,11,14H,1,6-10H2,2-4H3/t11-,16+/m1/s1. The van der Waals surface area contributed by atoms with Crippen molar-refractivity contribution in [2.75, 3.05) is 5.88 Å². The lowest BCUT2D eigenvalue weighted by atomic mass is 10.1. The molecule has 0 fully saturated rings. The number of rotatable bonds is 8. The number of nitrogens with one attached hydrogen (secondary N) is 1. The summed E-state index contributed by atoms with van der Waals surface area (Å²) >= 11 is 5.64. The molecule has 2 nitrogen and oxygen atoms in total. The van der Waals surface area contributed by atoms with Crippen molar-refractivity contribution in [2.45, 2.75) is 57.2 Å². The molecule has 0 aliphatic rings. The van der Waals surface area contributed by atoms with Crippen LogP contribution in [0, 0.1) is 0 Å². The second kappa shape index (κ2) is 8.26. The van der Waals surface area contributed by atoms with E-state index in [1.165, 1.54) is 0 Å². The molecule has 0 heterocycles. The number of alkyl halides is 1. The van der Waals surface area contributed by atoms with Crippen LogP contribution in [0.15, 0.2) is 12.7 Å². The van der Waals surface area contributed by atoms with Crippen LogP contribution in [0.4, 0.5) is 0 Å². The van der Waals surface area contributed by atoms with E-state index in [2.05, 4.69) is 11.3 Å². The van der Waals surface area contributed by atoms with E-state index in [1.54, 1.807) is 0 Å². The lowest BCUT2D eigenvalue weighted by Crippen LogP contribution is -2.39. The molecular weight excluding hydrogens is 242 g/mol. The largest absolute Gasteiger partial charge is 0.242 e. The van der Waals surface area contributed by atoms with E-state index in [4.69, 9.17) is 11.6 Å². The second-order valence-electron chi connectivity index (χ2n) is 4.91. The highest BCUT2D eigenvalue weighted by Crippen LogP contribution is 2.13. The maximum Gasteiger partial charge on any atom is 0.0972 e. The zero-order valence-corrected chi connectivity index (χ0v) is 12.2. The predicted octanol–water partition coefficient (Wildman–Crippen LogP) is 3.39. The van der Waals surface area contributed by atoms with Gasteiger partial charge in [-0.15, -0.1) is 18.2 Å². The molecule has 0 aliphatic heterocycles. The van der Waals surface area contributed by atoms with Crippen LogP contribution in [0.3, 0.4) is 0 Å². The Balaban J connectivity index is 4.11. The van der Waals surface area contributed by atoms with Gasteiger partial charge in [0, 0.05) is 11.9 Å². The summed E-state index contributed by atoms with van der Waals surface area (Å²) in [5.41, 5.74) is 0. The van der Waals surface area contributed by atoms with E-state index in [9.17, 15) is 4.21 Å². The number of hydrogen-bond acceptors (Lipinski definition) is 1. The molecule has 16 heavy (non-hydrogen) atoms. The monoisotopic (exact) mass is 265 g/mol. The Morgan fingerprint density at radius 3 is 2.50 bits per heavy atom. The summed E-state index contributed by atoms with van der Waals surface area (Å²) in [6, 6.07) is 0.251. The van der Waals surface area contributed by atoms with Gasteiger partial charge in [0.25, 0.3) is 0 Å². The maximum absolute atomic E-state index is 11.9. The van der Waals surface area contributed by atoms with Crippen molar-refractivity contribution in [1.82, 2.24) is 4.72 Å². The van der Waals surface area contributed by atoms with Crippen LogP contribution in [0.1, 0.15) is 46.5 Å². The Labute approximate surface area is 107 Å². The van der Waals surface area contributed by atoms with Crippen molar-refractivity contribution in [3.05, 3.63) is 12.7 Å². The van der Waals surface area contributed by atoms with Gasteiger partial charge in [0.05, 0.1) is 15.7 Å². The van der Waals surface area contributed by atoms with Gasteiger partial charge in [-0.2, -0.15) is 0 Å². The van der Waals surface area contributed by atoms with Gasteiger partial charge in [0.2, 0.25) is 0 Å². The molecule has 1 N–H and O–H groups in total. The molecule has 0 saturated heterocycles. The molecule has 0 unspecified atom stereocenters. The molecule has 0 amide bonds. The lowest BCUT2D eigenvalue weighted by molar-refractivity contribution is 0.533. The lowest BCUT2D eigenvalue weighted by Gasteiger charge is -2.23. The normalized spacial score (nSPS) is 15.8. The Kier molecular flexibility index (Phi) is 8.34. The summed E-state index contributed by atoms with van der Waals surface area (Å²) in [5, 5.41) is 0. The first-order chi connectivity index (χ1) is 7.41. The molecule has 0 spiro atoms. The molecule has 96 valence electrons. The van der Waals surface area contributed by atoms with E-state index < -0.39 is 11.0 Å². The van der Waals surface area contributed by atoms with Crippen molar-refractivity contribution in [3.8, 4) is 0 Å². The van der Waals surface area contributed by atoms with E-state index in [0.29, 0.717) is 5.88 Å². The minimum Gasteiger partial charge on any atom is -0.242 e. The van der Waals surface area contributed by atoms with Crippen LogP contribution >= 0.6 is 11.6 Å². The van der Waals surface area contributed by atoms with Crippen molar-refractivity contribution in [3.63, 3.8) is 0 Å². The van der Waals surface area contributed by atoms with E-state index in [-0.39, 0.29) is 10.8 Å². The smallest absolute Gasteiger partial charge is 0.0972 e. The van der Waals surface area contributed by atoms with Crippen LogP contribution in [0.2, 0.25) is 0 Å². The average molecular weight is 266 g/mol. The Bertz CT molecular complexity index is 226. The van der Waals surface area contributed by atoms with Crippen molar-refractivity contribution in [1.29, 1.82) is 0 Å². The molecular formula is C12H24ClNOS. The first-order valence-corrected chi connectivity index (χ1v) is 7.45. The molecule has 2 atom stereocenters. The Morgan fingerprint density at radius 1 is 1.44 bits per heavy atom. The second-order valence-corrected chi connectivity index (χ2v) is 7.28. The van der Waals surface area contributed by atoms with Crippen molar-refractivity contribution in [2.24, 2.45) is 0 Å². The summed E-state index contributed by atoms with van der Waals surface area (Å²) in [5.74, 6) is 0.698. The van der Waals surface area contributed by atoms with E-state index >= 15 is 0 Å². The summed E-state index contributed by atoms with van der Waals surface area (Å²) < 4.78 is 14.9. The molecule has 0 bridgehead atoms. The predicted molar refractivity (Wildman–Crippen MR) is 74.2 cm³/mol. The van der Waals surface area contributed by atoms with E-state index in [0.717, 1.165) is 25.7 Å². The fourth-order valence-corrected chi connectivity index (χ4v) is 2.30. The van der Waals surface area contributed by atoms with Crippen molar-refractivity contribution >= 4 is 22.6 Å². The molecule has 0 radical (unpaired) electrons. The highest BCUT2D eigenvalue weighted by Gasteiger charge is 2.21. The molecule has 4 heteroatoms. The van der Waals surface area contributed by atoms with Gasteiger partial charge in [-0.25, -0.2) is 8.93 Å². The first kappa shape index (κ1) is 16.1. The summed E-state index contributed by atoms with van der Waals surface area (Å²) in [7, 11) is -1.01. The molecule has 0 aromatic heterocycles. The molecule has 0 rings (SSSR count). The first-order valence-electron chi connectivity index (χ1n) is 5.76. The minimum atomic E-state index is -1.01. The third-order valence-corrected chi connectivity index (χ3v) is 4.14. The number of hydrogen-bond donors (Lipinski definition) is 1. The zero-order chi connectivity index (χ0) is 12.6. The third-order valence-electron chi connectivity index (χ3n) is 2.22. The fourth-order valence-electron chi connectivity index (χ4n) is 1.24. The Morgan fingerprint density at radius 2 is 2.06 bits per heavy atom. The molecule has 0 aromatic rings. The average Bonchev–Trinajstić information content (AvgIpc) is 2.16. The maximum atomic E-state index is 11.9. The SMILES string of the molecule is C=CC[C@H](CCCCCl)N[S@@](=O)C(C)(C)C. The van der Waals surface area contributed by atoms with Gasteiger partial charge < -0.3 is 0 Å². The van der Waals surface area contributed by atoms with Crippen LogP contribution in [0.5, 0.6) is 0 Å². The van der Waals surface area contributed by atoms with Gasteiger partial charge in [-0.1, -0.05) is 12.5 Å². The van der Waals surface area contributed by atoms with Crippen LogP contribution in [-0.2, 0) is 11.0 Å². The number of unbranched alkanes of at least 4 members (excludes halogenated alkanes) is 1. The van der Waals surface area contributed by atoms with E-state index in [1.807, 2.05) is 26.8 Å². The fraction of sp³-hybridized carbons (Fsp3) is 0.833. The quantitative estimate of drug-likeness (QED) is 0.407.